The predicted octanol–water partition coefficient (Wildman–Crippen LogP) is 3.46. The van der Waals surface area contributed by atoms with Gasteiger partial charge in [0.25, 0.3) is 0 Å². The number of nitriles is 1. The van der Waals surface area contributed by atoms with Crippen LogP contribution in [0.2, 0.25) is 0 Å². The molecular weight excluding hydrogens is 392 g/mol. The van der Waals surface area contributed by atoms with Gasteiger partial charge in [-0.15, -0.1) is 11.3 Å². The molecule has 0 bridgehead atoms. The molecule has 0 aliphatic carbocycles. The van der Waals surface area contributed by atoms with E-state index in [1.165, 1.54) is 29.4 Å². The van der Waals surface area contributed by atoms with E-state index in [9.17, 15) is 10.1 Å². The van der Waals surface area contributed by atoms with Gasteiger partial charge in [-0.05, 0) is 0 Å². The quantitative estimate of drug-likeness (QED) is 0.357. The third kappa shape index (κ3) is 3.52. The summed E-state index contributed by atoms with van der Waals surface area (Å²) in [6, 6.07) is 11.8. The highest BCUT2D eigenvalue weighted by Gasteiger charge is 2.24. The molecule has 3 heterocycles. The Bertz CT molecular complexity index is 1180. The number of aromatic nitrogens is 5. The number of nitrogens with zero attached hydrogens (tertiary/aromatic N) is 6. The molecular formula is C19H14N6OS2. The Morgan fingerprint density at radius 3 is 2.93 bits per heavy atom. The molecule has 0 N–H and O–H groups in total. The Morgan fingerprint density at radius 2 is 2.14 bits per heavy atom. The van der Waals surface area contributed by atoms with Crippen molar-refractivity contribution in [3.8, 4) is 17.3 Å². The zero-order chi connectivity index (χ0) is 19.5. The number of ketones is 1. The molecule has 4 rings (SSSR count). The summed E-state index contributed by atoms with van der Waals surface area (Å²) in [5.74, 6) is -0.960. The molecule has 0 saturated heterocycles. The second-order valence-corrected chi connectivity index (χ2v) is 7.79. The van der Waals surface area contributed by atoms with Crippen molar-refractivity contribution in [1.29, 1.82) is 5.26 Å². The van der Waals surface area contributed by atoms with E-state index in [0.717, 1.165) is 16.6 Å². The van der Waals surface area contributed by atoms with Crippen LogP contribution in [-0.4, -0.2) is 36.3 Å². The van der Waals surface area contributed by atoms with E-state index < -0.39 is 5.92 Å². The van der Waals surface area contributed by atoms with Crippen molar-refractivity contribution in [2.75, 3.05) is 5.75 Å². The topological polar surface area (TPSA) is 97.3 Å². The number of benzene rings is 1. The Morgan fingerprint density at radius 1 is 1.32 bits per heavy atom. The maximum absolute atomic E-state index is 12.7. The lowest BCUT2D eigenvalue weighted by Crippen LogP contribution is -2.13. The largest absolute Gasteiger partial charge is 0.297 e. The minimum atomic E-state index is -0.888. The van der Waals surface area contributed by atoms with Gasteiger partial charge >= 0.3 is 0 Å². The number of aryl methyl sites for hydroxylation is 1. The Hall–Kier alpha value is -3.09. The van der Waals surface area contributed by atoms with Crippen LogP contribution in [-0.2, 0) is 11.8 Å². The summed E-state index contributed by atoms with van der Waals surface area (Å²) in [5.41, 5.74) is 2.44. The van der Waals surface area contributed by atoms with Gasteiger partial charge in [-0.1, -0.05) is 42.1 Å². The number of carbonyl (C=O) groups is 1. The van der Waals surface area contributed by atoms with E-state index in [0.29, 0.717) is 15.7 Å². The van der Waals surface area contributed by atoms with Gasteiger partial charge in [-0.3, -0.25) is 9.48 Å². The van der Waals surface area contributed by atoms with Gasteiger partial charge in [0, 0.05) is 18.0 Å². The number of Topliss-reactive ketones (excluding diaryl/α,β-unsaturated/α-hetero) is 1. The molecule has 1 aromatic carbocycles. The highest BCUT2D eigenvalue weighted by atomic mass is 32.2. The van der Waals surface area contributed by atoms with E-state index in [4.69, 9.17) is 0 Å². The Kier molecular flexibility index (Phi) is 5.14. The number of fused-ring (bicyclic) bond motifs is 1. The Balaban J connectivity index is 1.50. The lowest BCUT2D eigenvalue weighted by molar-refractivity contribution is -0.116. The summed E-state index contributed by atoms with van der Waals surface area (Å²) in [4.78, 5) is 25.6. The highest BCUT2D eigenvalue weighted by molar-refractivity contribution is 8.00. The van der Waals surface area contributed by atoms with Gasteiger partial charge in [0.1, 0.15) is 16.4 Å². The molecule has 0 fully saturated rings. The number of carbonyl (C=O) groups excluding carboxylic acids is 1. The van der Waals surface area contributed by atoms with Crippen LogP contribution in [0.3, 0.4) is 0 Å². The first-order chi connectivity index (χ1) is 13.7. The average molecular weight is 406 g/mol. The first-order valence-corrected chi connectivity index (χ1v) is 10.2. The SMILES string of the molecule is Cn1ncc2c(SCC(=O)[C@H](C#N)c3nc(-c4ccccc4)cs3)ncnc21. The van der Waals surface area contributed by atoms with Crippen LogP contribution in [0.5, 0.6) is 0 Å². The van der Waals surface area contributed by atoms with Gasteiger partial charge in [0.2, 0.25) is 0 Å². The molecule has 138 valence electrons. The van der Waals surface area contributed by atoms with Crippen LogP contribution in [0.4, 0.5) is 0 Å². The lowest BCUT2D eigenvalue weighted by Gasteiger charge is -2.05. The van der Waals surface area contributed by atoms with Crippen LogP contribution in [0.25, 0.3) is 22.3 Å². The lowest BCUT2D eigenvalue weighted by atomic mass is 10.1. The fraction of sp³-hybridized carbons (Fsp3) is 0.158. The summed E-state index contributed by atoms with van der Waals surface area (Å²) in [5, 5.41) is 17.6. The molecule has 0 aliphatic heterocycles. The number of rotatable bonds is 6. The smallest absolute Gasteiger partial charge is 0.167 e. The molecule has 9 heteroatoms. The van der Waals surface area contributed by atoms with E-state index in [1.54, 1.807) is 17.9 Å². The van der Waals surface area contributed by atoms with Crippen molar-refractivity contribution in [3.63, 3.8) is 0 Å². The predicted molar refractivity (Wildman–Crippen MR) is 108 cm³/mol. The average Bonchev–Trinajstić information content (AvgIpc) is 3.36. The third-order valence-electron chi connectivity index (χ3n) is 4.13. The molecule has 7 nitrogen and oxygen atoms in total. The summed E-state index contributed by atoms with van der Waals surface area (Å²) < 4.78 is 1.65. The van der Waals surface area contributed by atoms with Crippen LogP contribution < -0.4 is 0 Å². The molecule has 28 heavy (non-hydrogen) atoms. The number of hydrogen-bond donors (Lipinski definition) is 0. The fourth-order valence-corrected chi connectivity index (χ4v) is 4.46. The second-order valence-electron chi connectivity index (χ2n) is 5.94. The Labute approximate surface area is 169 Å². The summed E-state index contributed by atoms with van der Waals surface area (Å²) >= 11 is 2.61. The van der Waals surface area contributed by atoms with Crippen molar-refractivity contribution in [2.24, 2.45) is 7.05 Å². The molecule has 0 unspecified atom stereocenters. The summed E-state index contributed by atoms with van der Waals surface area (Å²) in [6.07, 6.45) is 3.13. The summed E-state index contributed by atoms with van der Waals surface area (Å²) in [7, 11) is 1.80. The molecule has 0 aliphatic rings. The highest BCUT2D eigenvalue weighted by Crippen LogP contribution is 2.29. The van der Waals surface area contributed by atoms with Crippen molar-refractivity contribution in [1.82, 2.24) is 24.7 Å². The maximum atomic E-state index is 12.7. The van der Waals surface area contributed by atoms with Crippen LogP contribution in [0.15, 0.2) is 53.3 Å². The number of hydrogen-bond acceptors (Lipinski definition) is 8. The van der Waals surface area contributed by atoms with Gasteiger partial charge in [0.15, 0.2) is 17.3 Å². The van der Waals surface area contributed by atoms with E-state index >= 15 is 0 Å². The van der Waals surface area contributed by atoms with Crippen molar-refractivity contribution < 1.29 is 4.79 Å². The van der Waals surface area contributed by atoms with E-state index in [-0.39, 0.29) is 11.5 Å². The van der Waals surface area contributed by atoms with Gasteiger partial charge in [-0.25, -0.2) is 15.0 Å². The first kappa shape index (κ1) is 18.3. The van der Waals surface area contributed by atoms with E-state index in [2.05, 4.69) is 26.1 Å². The maximum Gasteiger partial charge on any atom is 0.167 e. The van der Waals surface area contributed by atoms with Crippen molar-refractivity contribution in [3.05, 3.63) is 53.2 Å². The van der Waals surface area contributed by atoms with E-state index in [1.807, 2.05) is 35.7 Å². The minimum absolute atomic E-state index is 0.124. The molecule has 0 amide bonds. The number of thioether (sulfide) groups is 1. The summed E-state index contributed by atoms with van der Waals surface area (Å²) in [6.45, 7) is 0. The monoisotopic (exact) mass is 406 g/mol. The normalized spacial score (nSPS) is 12.0. The van der Waals surface area contributed by atoms with Crippen LogP contribution in [0, 0.1) is 11.3 Å². The van der Waals surface area contributed by atoms with Gasteiger partial charge in [-0.2, -0.15) is 10.4 Å². The minimum Gasteiger partial charge on any atom is -0.297 e. The second kappa shape index (κ2) is 7.88. The molecule has 4 aromatic rings. The van der Waals surface area contributed by atoms with Crippen LogP contribution >= 0.6 is 23.1 Å². The molecule has 0 saturated carbocycles. The zero-order valence-electron chi connectivity index (χ0n) is 14.8. The molecule has 0 radical (unpaired) electrons. The zero-order valence-corrected chi connectivity index (χ0v) is 16.4. The first-order valence-electron chi connectivity index (χ1n) is 8.36. The molecule has 1 atom stereocenters. The molecule has 3 aromatic heterocycles. The van der Waals surface area contributed by atoms with Gasteiger partial charge < -0.3 is 0 Å². The third-order valence-corrected chi connectivity index (χ3v) is 6.07. The van der Waals surface area contributed by atoms with Gasteiger partial charge in [0.05, 0.1) is 29.1 Å². The fourth-order valence-electron chi connectivity index (χ4n) is 2.71. The number of thiazole rings is 1. The molecule has 0 spiro atoms. The van der Waals surface area contributed by atoms with Crippen LogP contribution in [0.1, 0.15) is 10.9 Å². The van der Waals surface area contributed by atoms with Crippen molar-refractivity contribution in [2.45, 2.75) is 10.9 Å². The standard InChI is InChI=1S/C19H14N6OS2/c1-25-17-14(8-23-25)18(22-11-21-17)28-10-16(26)13(7-20)19-24-15(9-27-19)12-5-3-2-4-6-12/h2-6,8-9,11,13H,10H2,1H3/t13-/m0/s1. The van der Waals surface area contributed by atoms with Crippen molar-refractivity contribution >= 4 is 39.9 Å².